The highest BCUT2D eigenvalue weighted by atomic mass is 16.5. The Morgan fingerprint density at radius 2 is 2.28 bits per heavy atom. The van der Waals surface area contributed by atoms with E-state index in [0.29, 0.717) is 24.1 Å². The van der Waals surface area contributed by atoms with Crippen LogP contribution in [-0.4, -0.2) is 23.6 Å². The molecule has 1 amide bonds. The summed E-state index contributed by atoms with van der Waals surface area (Å²) in [4.78, 5) is 22.9. The van der Waals surface area contributed by atoms with Gasteiger partial charge in [-0.2, -0.15) is 0 Å². The Hall–Kier alpha value is -1.88. The van der Waals surface area contributed by atoms with Crippen LogP contribution in [0.2, 0.25) is 0 Å². The number of aliphatic hydroxyl groups is 1. The first-order chi connectivity index (χ1) is 8.63. The maximum atomic E-state index is 11.5. The van der Waals surface area contributed by atoms with Gasteiger partial charge in [0, 0.05) is 12.0 Å². The Morgan fingerprint density at radius 1 is 1.50 bits per heavy atom. The van der Waals surface area contributed by atoms with E-state index in [1.807, 2.05) is 6.07 Å². The fraction of sp³-hybridized carbons (Fsp3) is 0.385. The topological polar surface area (TPSA) is 75.6 Å². The minimum atomic E-state index is -1.36. The van der Waals surface area contributed by atoms with Crippen molar-refractivity contribution in [3.63, 3.8) is 0 Å². The lowest BCUT2D eigenvalue weighted by molar-refractivity contribution is -0.153. The Morgan fingerprint density at radius 3 is 3.00 bits per heavy atom. The molecule has 0 saturated carbocycles. The lowest BCUT2D eigenvalue weighted by atomic mass is 9.96. The molecule has 1 heterocycles. The van der Waals surface area contributed by atoms with Crippen molar-refractivity contribution < 1.29 is 19.4 Å². The first-order valence-corrected chi connectivity index (χ1v) is 5.89. The molecule has 1 aromatic carbocycles. The summed E-state index contributed by atoms with van der Waals surface area (Å²) in [6.45, 7) is 1.88. The van der Waals surface area contributed by atoms with Gasteiger partial charge in [-0.15, -0.1) is 0 Å². The van der Waals surface area contributed by atoms with Gasteiger partial charge in [0.05, 0.1) is 12.3 Å². The largest absolute Gasteiger partial charge is 0.464 e. The number of hydrogen-bond acceptors (Lipinski definition) is 4. The molecular weight excluding hydrogens is 234 g/mol. The van der Waals surface area contributed by atoms with Crippen LogP contribution in [0.1, 0.15) is 30.6 Å². The summed E-state index contributed by atoms with van der Waals surface area (Å²) in [7, 11) is 0. The first-order valence-electron chi connectivity index (χ1n) is 5.89. The van der Waals surface area contributed by atoms with E-state index < -0.39 is 12.1 Å². The average Bonchev–Trinajstić information content (AvgIpc) is 2.37. The minimum absolute atomic E-state index is 0.106. The summed E-state index contributed by atoms with van der Waals surface area (Å²) in [5.74, 6) is -0.809. The maximum Gasteiger partial charge on any atom is 0.339 e. The highest BCUT2D eigenvalue weighted by molar-refractivity contribution is 5.96. The summed E-state index contributed by atoms with van der Waals surface area (Å²) in [5.41, 5.74) is 1.85. The Balaban J connectivity index is 2.33. The smallest absolute Gasteiger partial charge is 0.339 e. The van der Waals surface area contributed by atoms with Crippen molar-refractivity contribution in [2.75, 3.05) is 11.9 Å². The fourth-order valence-corrected chi connectivity index (χ4v) is 2.01. The van der Waals surface area contributed by atoms with Crippen molar-refractivity contribution in [3.05, 3.63) is 29.3 Å². The molecule has 5 nitrogen and oxygen atoms in total. The summed E-state index contributed by atoms with van der Waals surface area (Å²) in [5, 5.41) is 12.6. The number of fused-ring (bicyclic) bond motifs is 1. The van der Waals surface area contributed by atoms with Crippen LogP contribution in [0.25, 0.3) is 0 Å². The molecule has 0 radical (unpaired) electrons. The molecule has 18 heavy (non-hydrogen) atoms. The second-order valence-corrected chi connectivity index (χ2v) is 4.08. The van der Waals surface area contributed by atoms with Crippen molar-refractivity contribution >= 4 is 17.6 Å². The Bertz CT molecular complexity index is 484. The average molecular weight is 249 g/mol. The van der Waals surface area contributed by atoms with Gasteiger partial charge in [-0.1, -0.05) is 18.2 Å². The minimum Gasteiger partial charge on any atom is -0.464 e. The van der Waals surface area contributed by atoms with E-state index in [1.54, 1.807) is 19.1 Å². The number of aryl methyl sites for hydroxylation is 1. The highest BCUT2D eigenvalue weighted by Crippen LogP contribution is 2.31. The van der Waals surface area contributed by atoms with Crippen molar-refractivity contribution in [1.82, 2.24) is 0 Å². The van der Waals surface area contributed by atoms with Crippen LogP contribution in [0, 0.1) is 0 Å². The number of carbonyl (C=O) groups is 2. The molecule has 1 aromatic rings. The van der Waals surface area contributed by atoms with Crippen LogP contribution in [-0.2, 0) is 20.7 Å². The van der Waals surface area contributed by atoms with Gasteiger partial charge in [-0.25, -0.2) is 4.79 Å². The van der Waals surface area contributed by atoms with Crippen LogP contribution in [0.4, 0.5) is 5.69 Å². The first kappa shape index (κ1) is 12.6. The van der Waals surface area contributed by atoms with Gasteiger partial charge in [-0.3, -0.25) is 4.79 Å². The molecule has 0 fully saturated rings. The van der Waals surface area contributed by atoms with Gasteiger partial charge in [-0.05, 0) is 18.9 Å². The number of aliphatic hydroxyl groups excluding tert-OH is 1. The molecule has 2 N–H and O–H groups in total. The summed E-state index contributed by atoms with van der Waals surface area (Å²) < 4.78 is 4.77. The summed E-state index contributed by atoms with van der Waals surface area (Å²) in [6.07, 6.45) is -0.324. The monoisotopic (exact) mass is 249 g/mol. The van der Waals surface area contributed by atoms with Gasteiger partial charge in [0.15, 0.2) is 6.10 Å². The number of rotatable bonds is 3. The molecule has 1 atom stereocenters. The maximum absolute atomic E-state index is 11.5. The molecule has 1 aliphatic heterocycles. The molecule has 2 rings (SSSR count). The zero-order chi connectivity index (χ0) is 13.1. The number of esters is 1. The summed E-state index contributed by atoms with van der Waals surface area (Å²) in [6, 6.07) is 5.25. The molecule has 1 aliphatic rings. The molecule has 5 heteroatoms. The second-order valence-electron chi connectivity index (χ2n) is 4.08. The van der Waals surface area contributed by atoms with E-state index in [-0.39, 0.29) is 12.5 Å². The molecule has 0 aliphatic carbocycles. The van der Waals surface area contributed by atoms with Crippen molar-refractivity contribution in [3.8, 4) is 0 Å². The highest BCUT2D eigenvalue weighted by Gasteiger charge is 2.26. The Labute approximate surface area is 105 Å². The van der Waals surface area contributed by atoms with Gasteiger partial charge in [0.1, 0.15) is 0 Å². The third-order valence-corrected chi connectivity index (χ3v) is 2.87. The van der Waals surface area contributed by atoms with E-state index in [4.69, 9.17) is 4.74 Å². The van der Waals surface area contributed by atoms with Gasteiger partial charge < -0.3 is 15.2 Å². The molecule has 0 bridgehead atoms. The normalized spacial score (nSPS) is 15.6. The lowest BCUT2D eigenvalue weighted by Crippen LogP contribution is -2.23. The van der Waals surface area contributed by atoms with E-state index in [0.717, 1.165) is 5.56 Å². The van der Waals surface area contributed by atoms with Gasteiger partial charge in [0.2, 0.25) is 5.91 Å². The summed E-state index contributed by atoms with van der Waals surface area (Å²) >= 11 is 0. The van der Waals surface area contributed by atoms with Crippen LogP contribution in [0.15, 0.2) is 18.2 Å². The zero-order valence-electron chi connectivity index (χ0n) is 10.1. The molecule has 0 aromatic heterocycles. The molecule has 96 valence electrons. The number of ether oxygens (including phenoxy) is 1. The van der Waals surface area contributed by atoms with E-state index in [9.17, 15) is 14.7 Å². The predicted molar refractivity (Wildman–Crippen MR) is 65.0 cm³/mol. The van der Waals surface area contributed by atoms with Gasteiger partial charge >= 0.3 is 5.97 Å². The quantitative estimate of drug-likeness (QED) is 0.788. The number of nitrogens with one attached hydrogen (secondary N) is 1. The molecular formula is C13H15NO4. The SMILES string of the molecule is CCOC(=O)C(O)c1cccc2c1NC(=O)CC2. The van der Waals surface area contributed by atoms with Crippen LogP contribution < -0.4 is 5.32 Å². The lowest BCUT2D eigenvalue weighted by Gasteiger charge is -2.21. The van der Waals surface area contributed by atoms with Crippen LogP contribution in [0.3, 0.4) is 0 Å². The number of amides is 1. The second kappa shape index (κ2) is 5.18. The van der Waals surface area contributed by atoms with Crippen LogP contribution >= 0.6 is 0 Å². The molecule has 0 saturated heterocycles. The molecule has 0 spiro atoms. The Kier molecular flexibility index (Phi) is 3.62. The third kappa shape index (κ3) is 2.36. The number of carbonyl (C=O) groups excluding carboxylic acids is 2. The number of benzene rings is 1. The number of anilines is 1. The number of hydrogen-bond donors (Lipinski definition) is 2. The van der Waals surface area contributed by atoms with E-state index in [1.165, 1.54) is 0 Å². The number of para-hydroxylation sites is 1. The predicted octanol–water partition coefficient (Wildman–Crippen LogP) is 1.17. The van der Waals surface area contributed by atoms with E-state index in [2.05, 4.69) is 5.32 Å². The van der Waals surface area contributed by atoms with Gasteiger partial charge in [0.25, 0.3) is 0 Å². The fourth-order valence-electron chi connectivity index (χ4n) is 2.01. The standard InChI is InChI=1S/C13H15NO4/c1-2-18-13(17)12(16)9-5-3-4-8-6-7-10(15)14-11(8)9/h3-5,12,16H,2,6-7H2,1H3,(H,14,15). The van der Waals surface area contributed by atoms with Crippen molar-refractivity contribution in [2.45, 2.75) is 25.9 Å². The van der Waals surface area contributed by atoms with Crippen molar-refractivity contribution in [1.29, 1.82) is 0 Å². The van der Waals surface area contributed by atoms with Crippen LogP contribution in [0.5, 0.6) is 0 Å². The molecule has 1 unspecified atom stereocenters. The third-order valence-electron chi connectivity index (χ3n) is 2.87. The van der Waals surface area contributed by atoms with Crippen molar-refractivity contribution in [2.24, 2.45) is 0 Å². The van der Waals surface area contributed by atoms with E-state index >= 15 is 0 Å². The zero-order valence-corrected chi connectivity index (χ0v) is 10.1.